The molecule has 0 aromatic heterocycles. The maximum Gasteiger partial charge on any atom is 1.00 e. The minimum Gasteiger partial charge on any atom is -0.550 e. The molecule has 3 rings (SSSR count). The van der Waals surface area contributed by atoms with Crippen LogP contribution in [0.5, 0.6) is 0 Å². The Bertz CT molecular complexity index is 961. The van der Waals surface area contributed by atoms with E-state index >= 15 is 0 Å². The molecule has 8 heteroatoms. The van der Waals surface area contributed by atoms with Gasteiger partial charge in [0.2, 0.25) is 10.0 Å². The summed E-state index contributed by atoms with van der Waals surface area (Å²) in [6, 6.07) is 9.87. The van der Waals surface area contributed by atoms with E-state index in [1.807, 2.05) is 19.1 Å². The first-order valence-corrected chi connectivity index (χ1v) is 10.7. The van der Waals surface area contributed by atoms with Gasteiger partial charge in [-0.3, -0.25) is 0 Å². The number of rotatable bonds is 6. The van der Waals surface area contributed by atoms with Gasteiger partial charge in [-0.25, -0.2) is 13.1 Å². The summed E-state index contributed by atoms with van der Waals surface area (Å²) in [4.78, 5) is 11.0. The second-order valence-corrected chi connectivity index (χ2v) is 9.04. The third-order valence-electron chi connectivity index (χ3n) is 5.00. The van der Waals surface area contributed by atoms with Crippen LogP contribution >= 0.6 is 11.6 Å². The van der Waals surface area contributed by atoms with Crippen LogP contribution in [0.3, 0.4) is 0 Å². The Hall–Kier alpha value is -0.890. The van der Waals surface area contributed by atoms with Crippen molar-refractivity contribution in [3.05, 3.63) is 63.7 Å². The molecule has 5 nitrogen and oxygen atoms in total. The van der Waals surface area contributed by atoms with E-state index in [1.54, 1.807) is 12.1 Å². The predicted octanol–water partition coefficient (Wildman–Crippen LogP) is -0.829. The van der Waals surface area contributed by atoms with Crippen LogP contribution in [0.25, 0.3) is 0 Å². The number of carbonyl (C=O) groups is 1. The molecule has 0 bridgehead atoms. The Morgan fingerprint density at radius 2 is 1.89 bits per heavy atom. The number of aryl methyl sites for hydroxylation is 1. The maximum atomic E-state index is 12.6. The number of hydrogen-bond acceptors (Lipinski definition) is 4. The van der Waals surface area contributed by atoms with Crippen molar-refractivity contribution in [2.24, 2.45) is 0 Å². The number of carbonyl (C=O) groups excluding carboxylic acids is 1. The Morgan fingerprint density at radius 3 is 2.54 bits per heavy atom. The van der Waals surface area contributed by atoms with E-state index in [1.165, 1.54) is 12.1 Å². The predicted molar refractivity (Wildman–Crippen MR) is 102 cm³/mol. The third kappa shape index (κ3) is 5.59. The molecule has 0 radical (unpaired) electrons. The summed E-state index contributed by atoms with van der Waals surface area (Å²) in [5.74, 6) is -1.06. The zero-order valence-corrected chi connectivity index (χ0v) is 19.6. The molecule has 1 atom stereocenters. The van der Waals surface area contributed by atoms with Crippen LogP contribution in [0.4, 0.5) is 0 Å². The Kier molecular flexibility index (Phi) is 8.14. The summed E-state index contributed by atoms with van der Waals surface area (Å²) in [6.07, 6.45) is 2.40. The fourth-order valence-corrected chi connectivity index (χ4v) is 5.02. The number of halogens is 1. The van der Waals surface area contributed by atoms with Gasteiger partial charge < -0.3 is 9.90 Å². The topological polar surface area (TPSA) is 86.3 Å². The molecule has 28 heavy (non-hydrogen) atoms. The normalized spacial score (nSPS) is 16.1. The second-order valence-electron chi connectivity index (χ2n) is 6.89. The van der Waals surface area contributed by atoms with Crippen molar-refractivity contribution < 1.29 is 47.9 Å². The van der Waals surface area contributed by atoms with E-state index in [0.29, 0.717) is 30.7 Å². The van der Waals surface area contributed by atoms with Crippen molar-refractivity contribution in [3.8, 4) is 0 Å². The summed E-state index contributed by atoms with van der Waals surface area (Å²) in [6.45, 7) is 1.97. The number of fused-ring (bicyclic) bond motifs is 1. The maximum absolute atomic E-state index is 12.6. The van der Waals surface area contributed by atoms with Crippen LogP contribution in [0, 0.1) is 6.92 Å². The first kappa shape index (κ1) is 23.4. The average molecular weight is 430 g/mol. The Balaban J connectivity index is 0.00000280. The van der Waals surface area contributed by atoms with E-state index in [9.17, 15) is 18.3 Å². The largest absolute Gasteiger partial charge is 1.00 e. The molecule has 1 aliphatic rings. The van der Waals surface area contributed by atoms with E-state index in [0.717, 1.165) is 22.3 Å². The van der Waals surface area contributed by atoms with Gasteiger partial charge in [0.15, 0.2) is 0 Å². The quantitative estimate of drug-likeness (QED) is 0.607. The molecular formula is C20H21ClNNaO4S. The van der Waals surface area contributed by atoms with Crippen LogP contribution in [-0.2, 0) is 34.1 Å². The van der Waals surface area contributed by atoms with Crippen LogP contribution in [0.1, 0.15) is 35.1 Å². The SMILES string of the molecule is Cc1ccc2c(c1CCC(=O)[O-])CCC(NS(=O)(=O)c1ccc(Cl)cc1)C2.[Na+]. The molecular weight excluding hydrogens is 409 g/mol. The van der Waals surface area contributed by atoms with E-state index < -0.39 is 16.0 Å². The van der Waals surface area contributed by atoms with Gasteiger partial charge in [-0.1, -0.05) is 23.7 Å². The number of benzene rings is 2. The Labute approximate surface area is 192 Å². The van der Waals surface area contributed by atoms with Crippen molar-refractivity contribution >= 4 is 27.6 Å². The zero-order valence-electron chi connectivity index (χ0n) is 16.0. The van der Waals surface area contributed by atoms with Crippen LogP contribution in [-0.4, -0.2) is 20.4 Å². The first-order chi connectivity index (χ1) is 12.8. The van der Waals surface area contributed by atoms with Gasteiger partial charge in [0.05, 0.1) is 4.90 Å². The van der Waals surface area contributed by atoms with Gasteiger partial charge in [-0.05, 0) is 85.5 Å². The van der Waals surface area contributed by atoms with Gasteiger partial charge in [0.25, 0.3) is 0 Å². The molecule has 0 fully saturated rings. The molecule has 1 aliphatic carbocycles. The van der Waals surface area contributed by atoms with Gasteiger partial charge in [0.1, 0.15) is 0 Å². The summed E-state index contributed by atoms with van der Waals surface area (Å²) in [5.41, 5.74) is 4.34. The van der Waals surface area contributed by atoms with Gasteiger partial charge >= 0.3 is 29.6 Å². The fraction of sp³-hybridized carbons (Fsp3) is 0.350. The number of carboxylic acids is 1. The number of sulfonamides is 1. The summed E-state index contributed by atoms with van der Waals surface area (Å²) < 4.78 is 28.0. The first-order valence-electron chi connectivity index (χ1n) is 8.84. The second kappa shape index (κ2) is 9.74. The molecule has 1 unspecified atom stereocenters. The third-order valence-corrected chi connectivity index (χ3v) is 6.78. The van der Waals surface area contributed by atoms with Crippen LogP contribution < -0.4 is 39.4 Å². The van der Waals surface area contributed by atoms with Crippen molar-refractivity contribution in [2.75, 3.05) is 0 Å². The zero-order chi connectivity index (χ0) is 19.6. The number of hydrogen-bond donors (Lipinski definition) is 1. The van der Waals surface area contributed by atoms with Gasteiger partial charge in [-0.15, -0.1) is 0 Å². The smallest absolute Gasteiger partial charge is 0.550 e. The average Bonchev–Trinajstić information content (AvgIpc) is 2.61. The van der Waals surface area contributed by atoms with Crippen molar-refractivity contribution in [2.45, 2.75) is 50.0 Å². The summed E-state index contributed by atoms with van der Waals surface area (Å²) >= 11 is 5.83. The van der Waals surface area contributed by atoms with Gasteiger partial charge in [0, 0.05) is 17.0 Å². The molecule has 0 amide bonds. The fourth-order valence-electron chi connectivity index (χ4n) is 3.62. The number of carboxylic acid groups (broad SMARTS) is 1. The van der Waals surface area contributed by atoms with E-state index in [2.05, 4.69) is 4.72 Å². The van der Waals surface area contributed by atoms with Crippen molar-refractivity contribution in [1.82, 2.24) is 4.72 Å². The molecule has 2 aromatic carbocycles. The molecule has 144 valence electrons. The summed E-state index contributed by atoms with van der Waals surface area (Å²) in [5, 5.41) is 11.3. The monoisotopic (exact) mass is 429 g/mol. The van der Waals surface area contributed by atoms with Crippen LogP contribution in [0.2, 0.25) is 5.02 Å². The molecule has 0 heterocycles. The molecule has 0 aliphatic heterocycles. The number of nitrogens with one attached hydrogen (secondary N) is 1. The molecule has 0 spiro atoms. The number of aliphatic carboxylic acids is 1. The standard InChI is InChI=1S/C20H22ClNO4S.Na/c1-13-2-3-14-12-16(6-9-19(14)18(13)10-11-20(23)24)22-27(25,26)17-7-4-15(21)5-8-17;/h2-5,7-8,16,22H,6,9-12H2,1H3,(H,23,24);/q;+1/p-1. The van der Waals surface area contributed by atoms with E-state index in [4.69, 9.17) is 11.6 Å². The molecule has 2 aromatic rings. The minimum atomic E-state index is -3.61. The molecule has 0 saturated carbocycles. The van der Waals surface area contributed by atoms with Gasteiger partial charge in [-0.2, -0.15) is 0 Å². The summed E-state index contributed by atoms with van der Waals surface area (Å²) in [7, 11) is -3.61. The molecule has 0 saturated heterocycles. The van der Waals surface area contributed by atoms with Crippen molar-refractivity contribution in [1.29, 1.82) is 0 Å². The Morgan fingerprint density at radius 1 is 1.21 bits per heavy atom. The van der Waals surface area contributed by atoms with Crippen LogP contribution in [0.15, 0.2) is 41.3 Å². The minimum absolute atomic E-state index is 0. The van der Waals surface area contributed by atoms with Crippen molar-refractivity contribution in [3.63, 3.8) is 0 Å². The molecule has 1 N–H and O–H groups in total. The van der Waals surface area contributed by atoms with E-state index in [-0.39, 0.29) is 46.9 Å².